The van der Waals surface area contributed by atoms with E-state index in [1.807, 2.05) is 13.8 Å². The Kier molecular flexibility index (Phi) is 2.77. The molecule has 1 N–H and O–H groups in total. The zero-order valence-corrected chi connectivity index (χ0v) is 8.27. The van der Waals surface area contributed by atoms with E-state index in [0.29, 0.717) is 5.92 Å². The Morgan fingerprint density at radius 2 is 2.17 bits per heavy atom. The van der Waals surface area contributed by atoms with Gasteiger partial charge in [0.2, 0.25) is 5.91 Å². The molecule has 2 unspecified atom stereocenters. The molecule has 68 valence electrons. The molecule has 0 aliphatic carbocycles. The Labute approximate surface area is 76.3 Å². The predicted molar refractivity (Wildman–Crippen MR) is 48.5 cm³/mol. The van der Waals surface area contributed by atoms with E-state index in [0.717, 1.165) is 0 Å². The highest BCUT2D eigenvalue weighted by Gasteiger charge is 2.42. The molecule has 4 heteroatoms. The molecule has 0 spiro atoms. The molecular weight excluding hydrogens is 174 g/mol. The van der Waals surface area contributed by atoms with E-state index in [1.165, 1.54) is 18.7 Å². The van der Waals surface area contributed by atoms with Crippen molar-refractivity contribution in [1.82, 2.24) is 5.32 Å². The summed E-state index contributed by atoms with van der Waals surface area (Å²) in [4.78, 5) is 21.8. The van der Waals surface area contributed by atoms with Crippen LogP contribution in [0.1, 0.15) is 20.8 Å². The maximum atomic E-state index is 11.0. The van der Waals surface area contributed by atoms with Crippen molar-refractivity contribution in [3.05, 3.63) is 0 Å². The average Bonchev–Trinajstić information content (AvgIpc) is 1.82. The lowest BCUT2D eigenvalue weighted by atomic mass is 9.89. The van der Waals surface area contributed by atoms with Gasteiger partial charge >= 0.3 is 0 Å². The van der Waals surface area contributed by atoms with Gasteiger partial charge in [-0.1, -0.05) is 25.6 Å². The van der Waals surface area contributed by atoms with Crippen molar-refractivity contribution in [3.8, 4) is 0 Å². The van der Waals surface area contributed by atoms with Crippen LogP contribution in [-0.2, 0) is 9.59 Å². The zero-order valence-electron chi connectivity index (χ0n) is 7.46. The third-order valence-electron chi connectivity index (χ3n) is 1.92. The molecule has 0 radical (unpaired) electrons. The molecule has 1 saturated heterocycles. The summed E-state index contributed by atoms with van der Waals surface area (Å²) >= 11 is 1.21. The van der Waals surface area contributed by atoms with Gasteiger partial charge < -0.3 is 5.32 Å². The molecule has 1 rings (SSSR count). The van der Waals surface area contributed by atoms with Gasteiger partial charge in [-0.05, 0) is 5.92 Å². The number of thioether (sulfide) groups is 1. The SMILES string of the molecule is CC(=O)SC1NC(=O)C1C(C)C. The van der Waals surface area contributed by atoms with Crippen LogP contribution in [0.2, 0.25) is 0 Å². The van der Waals surface area contributed by atoms with Crippen LogP contribution in [0.5, 0.6) is 0 Å². The topological polar surface area (TPSA) is 46.2 Å². The quantitative estimate of drug-likeness (QED) is 0.656. The van der Waals surface area contributed by atoms with Gasteiger partial charge in [0.25, 0.3) is 0 Å². The number of rotatable bonds is 2. The van der Waals surface area contributed by atoms with Gasteiger partial charge in [0.05, 0.1) is 11.3 Å². The van der Waals surface area contributed by atoms with E-state index in [-0.39, 0.29) is 22.3 Å². The van der Waals surface area contributed by atoms with E-state index in [4.69, 9.17) is 0 Å². The molecule has 0 bridgehead atoms. The molecule has 1 fully saturated rings. The van der Waals surface area contributed by atoms with Crippen LogP contribution < -0.4 is 5.32 Å². The van der Waals surface area contributed by atoms with E-state index in [2.05, 4.69) is 5.32 Å². The summed E-state index contributed by atoms with van der Waals surface area (Å²) in [5, 5.41) is 2.78. The van der Waals surface area contributed by atoms with Crippen molar-refractivity contribution in [1.29, 1.82) is 0 Å². The Morgan fingerprint density at radius 3 is 2.50 bits per heavy atom. The van der Waals surface area contributed by atoms with Crippen LogP contribution in [0.15, 0.2) is 0 Å². The lowest BCUT2D eigenvalue weighted by Crippen LogP contribution is -2.58. The third-order valence-corrected chi connectivity index (χ3v) is 2.92. The first kappa shape index (κ1) is 9.58. The summed E-state index contributed by atoms with van der Waals surface area (Å²) in [6.45, 7) is 5.51. The smallest absolute Gasteiger partial charge is 0.227 e. The van der Waals surface area contributed by atoms with E-state index < -0.39 is 0 Å². The number of amides is 1. The number of carbonyl (C=O) groups excluding carboxylic acids is 2. The maximum Gasteiger partial charge on any atom is 0.227 e. The second-order valence-electron chi connectivity index (χ2n) is 3.31. The summed E-state index contributed by atoms with van der Waals surface area (Å²) in [7, 11) is 0. The van der Waals surface area contributed by atoms with Gasteiger partial charge in [-0.15, -0.1) is 0 Å². The highest BCUT2D eigenvalue weighted by Crippen LogP contribution is 2.31. The molecule has 12 heavy (non-hydrogen) atoms. The highest BCUT2D eigenvalue weighted by molar-refractivity contribution is 8.14. The van der Waals surface area contributed by atoms with Crippen molar-refractivity contribution < 1.29 is 9.59 Å². The van der Waals surface area contributed by atoms with E-state index >= 15 is 0 Å². The van der Waals surface area contributed by atoms with Crippen molar-refractivity contribution >= 4 is 22.8 Å². The molecule has 0 aromatic heterocycles. The Bertz CT molecular complexity index is 215. The van der Waals surface area contributed by atoms with E-state index in [9.17, 15) is 9.59 Å². The normalized spacial score (nSPS) is 28.2. The summed E-state index contributed by atoms with van der Waals surface area (Å²) in [5.41, 5.74) is 0. The van der Waals surface area contributed by atoms with Crippen molar-refractivity contribution in [2.75, 3.05) is 0 Å². The number of β-lactam (4-membered cyclic amide) rings is 1. The zero-order chi connectivity index (χ0) is 9.30. The predicted octanol–water partition coefficient (Wildman–Crippen LogP) is 0.994. The van der Waals surface area contributed by atoms with Gasteiger partial charge in [-0.25, -0.2) is 0 Å². The first-order valence-corrected chi connectivity index (χ1v) is 4.88. The number of hydrogen-bond acceptors (Lipinski definition) is 3. The monoisotopic (exact) mass is 187 g/mol. The number of carbonyl (C=O) groups is 2. The molecule has 1 aliphatic heterocycles. The fraction of sp³-hybridized carbons (Fsp3) is 0.750. The maximum absolute atomic E-state index is 11.0. The number of hydrogen-bond donors (Lipinski definition) is 1. The average molecular weight is 187 g/mol. The van der Waals surface area contributed by atoms with Crippen LogP contribution in [0, 0.1) is 11.8 Å². The summed E-state index contributed by atoms with van der Waals surface area (Å²) in [6.07, 6.45) is 0. The standard InChI is InChI=1S/C8H13NO2S/c1-4(2)6-7(11)9-8(6)12-5(3)10/h4,6,8H,1-3H3,(H,9,11). The summed E-state index contributed by atoms with van der Waals surface area (Å²) in [6, 6.07) is 0. The lowest BCUT2D eigenvalue weighted by Gasteiger charge is -2.37. The number of nitrogens with one attached hydrogen (secondary N) is 1. The van der Waals surface area contributed by atoms with Crippen LogP contribution in [-0.4, -0.2) is 16.4 Å². The first-order chi connectivity index (χ1) is 5.52. The molecule has 2 atom stereocenters. The minimum absolute atomic E-state index is 0.00926. The van der Waals surface area contributed by atoms with Gasteiger partial charge in [0, 0.05) is 6.92 Å². The third kappa shape index (κ3) is 1.80. The molecule has 0 saturated carbocycles. The fourth-order valence-corrected chi connectivity index (χ4v) is 2.42. The summed E-state index contributed by atoms with van der Waals surface area (Å²) in [5.74, 6) is 0.401. The molecule has 0 aromatic carbocycles. The van der Waals surface area contributed by atoms with Crippen molar-refractivity contribution in [2.24, 2.45) is 11.8 Å². The largest absolute Gasteiger partial charge is 0.343 e. The highest BCUT2D eigenvalue weighted by atomic mass is 32.2. The van der Waals surface area contributed by atoms with Gasteiger partial charge in [0.1, 0.15) is 0 Å². The second-order valence-corrected chi connectivity index (χ2v) is 4.63. The lowest BCUT2D eigenvalue weighted by molar-refractivity contribution is -0.134. The minimum Gasteiger partial charge on any atom is -0.343 e. The second kappa shape index (κ2) is 3.47. The molecule has 1 aliphatic rings. The van der Waals surface area contributed by atoms with Gasteiger partial charge in [-0.3, -0.25) is 9.59 Å². The van der Waals surface area contributed by atoms with Crippen molar-refractivity contribution in [2.45, 2.75) is 26.1 Å². The Morgan fingerprint density at radius 1 is 1.58 bits per heavy atom. The fourth-order valence-electron chi connectivity index (χ4n) is 1.30. The van der Waals surface area contributed by atoms with Crippen LogP contribution in [0.25, 0.3) is 0 Å². The molecule has 0 aromatic rings. The molecule has 3 nitrogen and oxygen atoms in total. The Balaban J connectivity index is 2.48. The minimum atomic E-state index is 0.00926. The first-order valence-electron chi connectivity index (χ1n) is 4.00. The molecule has 1 amide bonds. The van der Waals surface area contributed by atoms with Crippen LogP contribution in [0.4, 0.5) is 0 Å². The van der Waals surface area contributed by atoms with Gasteiger partial charge in [0.15, 0.2) is 5.12 Å². The summed E-state index contributed by atoms with van der Waals surface area (Å²) < 4.78 is 0. The molecular formula is C8H13NO2S. The van der Waals surface area contributed by atoms with Crippen molar-refractivity contribution in [3.63, 3.8) is 0 Å². The van der Waals surface area contributed by atoms with Crippen LogP contribution >= 0.6 is 11.8 Å². The van der Waals surface area contributed by atoms with E-state index in [1.54, 1.807) is 0 Å². The Hall–Kier alpha value is -0.510. The molecule has 1 heterocycles. The van der Waals surface area contributed by atoms with Gasteiger partial charge in [-0.2, -0.15) is 0 Å². The van der Waals surface area contributed by atoms with Crippen LogP contribution in [0.3, 0.4) is 0 Å².